The molecule has 0 spiro atoms. The van der Waals surface area contributed by atoms with E-state index in [1.54, 1.807) is 54.6 Å². The highest BCUT2D eigenvalue weighted by molar-refractivity contribution is 6.03. The summed E-state index contributed by atoms with van der Waals surface area (Å²) in [6.07, 6.45) is 4.65. The van der Waals surface area contributed by atoms with Crippen molar-refractivity contribution in [3.05, 3.63) is 87.6 Å². The average molecular weight is 638 g/mol. The smallest absolute Gasteiger partial charge is 0.260 e. The molecule has 3 aliphatic rings. The molecule has 4 aromatic rings. The van der Waals surface area contributed by atoms with Gasteiger partial charge in [-0.05, 0) is 110 Å². The first-order valence-electron chi connectivity index (χ1n) is 16.4. The molecule has 2 amide bonds. The van der Waals surface area contributed by atoms with Gasteiger partial charge in [-0.25, -0.2) is 0 Å². The van der Waals surface area contributed by atoms with Crippen LogP contribution in [0.1, 0.15) is 72.9 Å². The van der Waals surface area contributed by atoms with Crippen LogP contribution in [0.5, 0.6) is 5.75 Å². The molecule has 2 fully saturated rings. The van der Waals surface area contributed by atoms with Crippen molar-refractivity contribution in [1.29, 1.82) is 0 Å². The molecule has 0 aliphatic heterocycles. The number of aliphatic hydroxyl groups is 1. The fourth-order valence-electron chi connectivity index (χ4n) is 8.25. The number of para-hydroxylation sites is 1. The van der Waals surface area contributed by atoms with Crippen LogP contribution in [0.2, 0.25) is 0 Å². The number of phenolic OH excluding ortho intramolecular Hbond substituents is 1. The summed E-state index contributed by atoms with van der Waals surface area (Å²) in [5.41, 5.74) is 3.72. The molecule has 0 bridgehead atoms. The number of fused-ring (bicyclic) bond motifs is 7. The maximum atomic E-state index is 12.9. The van der Waals surface area contributed by atoms with Gasteiger partial charge in [-0.3, -0.25) is 14.4 Å². The lowest BCUT2D eigenvalue weighted by Gasteiger charge is -2.50. The minimum atomic E-state index is -0.330. The predicted molar refractivity (Wildman–Crippen MR) is 177 cm³/mol. The van der Waals surface area contributed by atoms with E-state index < -0.39 is 0 Å². The Bertz CT molecular complexity index is 1950. The number of hydrogen-bond donors (Lipinski definition) is 4. The van der Waals surface area contributed by atoms with Gasteiger partial charge in [0.25, 0.3) is 11.8 Å². The van der Waals surface area contributed by atoms with Crippen molar-refractivity contribution in [3.8, 4) is 5.75 Å². The fraction of sp³-hybridized carbons (Fsp3) is 0.405. The number of rotatable bonds is 8. The Morgan fingerprint density at radius 3 is 2.68 bits per heavy atom. The summed E-state index contributed by atoms with van der Waals surface area (Å²) < 4.78 is 5.81. The van der Waals surface area contributed by atoms with Gasteiger partial charge < -0.3 is 30.1 Å². The first-order chi connectivity index (χ1) is 22.7. The number of carbonyl (C=O) groups excluding carboxylic acids is 2. The molecular weight excluding hydrogens is 598 g/mol. The van der Waals surface area contributed by atoms with Crippen molar-refractivity contribution in [2.45, 2.75) is 57.5 Å². The molecule has 47 heavy (non-hydrogen) atoms. The van der Waals surface area contributed by atoms with Crippen LogP contribution in [0.3, 0.4) is 0 Å². The summed E-state index contributed by atoms with van der Waals surface area (Å²) in [4.78, 5) is 43.7. The quantitative estimate of drug-likeness (QED) is 0.121. The molecule has 5 atom stereocenters. The minimum absolute atomic E-state index is 0.0949. The van der Waals surface area contributed by atoms with Gasteiger partial charge in [0.2, 0.25) is 5.43 Å². The summed E-state index contributed by atoms with van der Waals surface area (Å²) in [5, 5.41) is 31.8. The van der Waals surface area contributed by atoms with E-state index in [4.69, 9.17) is 9.25 Å². The highest BCUT2D eigenvalue weighted by atomic mass is 16.6. The first kappa shape index (κ1) is 30.9. The van der Waals surface area contributed by atoms with Crippen molar-refractivity contribution in [2.75, 3.05) is 19.7 Å². The third-order valence-corrected chi connectivity index (χ3v) is 10.7. The van der Waals surface area contributed by atoms with Crippen molar-refractivity contribution >= 4 is 39.5 Å². The number of aliphatic hydroxyl groups excluding tert-OH is 1. The fourth-order valence-corrected chi connectivity index (χ4v) is 8.25. The van der Waals surface area contributed by atoms with E-state index in [1.807, 2.05) is 6.07 Å². The molecule has 0 saturated heterocycles. The highest BCUT2D eigenvalue weighted by Crippen LogP contribution is 2.61. The molecular formula is C37H39N3O7. The van der Waals surface area contributed by atoms with Gasteiger partial charge in [0, 0.05) is 24.2 Å². The number of nitrogens with zero attached hydrogens (tertiary/aromatic N) is 1. The standard InChI is InChI=1S/C37H39N3O7/c1-37-14-13-24-23-9-8-22(41)18-27(23)30(19-26(24)29(37)10-12-33(37)42)40-46-20-34(43)38-15-4-16-39-36(45)21-7-11-32-28(17-21)35(44)25-5-2-3-6-31(25)47-32/h2-3,5-9,11,17-18,24,26,29,33,41-42H,4,10,12-16,19-20H2,1H3,(H,38,43)(H,39,45)/b40-30+. The maximum absolute atomic E-state index is 12.9. The molecule has 3 aromatic carbocycles. The SMILES string of the molecule is CC12CCC3c4ccc(O)cc4/C(=N/OCC(=O)NCCCNC(=O)c4ccc5oc6ccccc6c(=O)c5c4)CC3C1CCC2O. The maximum Gasteiger partial charge on any atom is 0.260 e. The van der Waals surface area contributed by atoms with Gasteiger partial charge in [-0.1, -0.05) is 30.3 Å². The van der Waals surface area contributed by atoms with E-state index in [-0.39, 0.29) is 41.1 Å². The molecule has 7 rings (SSSR count). The van der Waals surface area contributed by atoms with Gasteiger partial charge in [0.15, 0.2) is 6.61 Å². The van der Waals surface area contributed by atoms with Gasteiger partial charge in [0.1, 0.15) is 16.9 Å². The molecule has 4 N–H and O–H groups in total. The van der Waals surface area contributed by atoms with E-state index in [0.29, 0.717) is 71.2 Å². The van der Waals surface area contributed by atoms with Crippen molar-refractivity contribution in [1.82, 2.24) is 10.6 Å². The van der Waals surface area contributed by atoms with E-state index in [2.05, 4.69) is 22.7 Å². The molecule has 1 heterocycles. The molecule has 2 saturated carbocycles. The van der Waals surface area contributed by atoms with Crippen LogP contribution in [0.15, 0.2) is 75.0 Å². The number of benzene rings is 3. The second kappa shape index (κ2) is 12.5. The van der Waals surface area contributed by atoms with Crippen LogP contribution in [0.25, 0.3) is 21.9 Å². The second-order valence-electron chi connectivity index (χ2n) is 13.4. The van der Waals surface area contributed by atoms with Gasteiger partial charge in [-0.2, -0.15) is 0 Å². The number of oxime groups is 1. The Kier molecular flexibility index (Phi) is 8.21. The highest BCUT2D eigenvalue weighted by Gasteiger charge is 2.55. The second-order valence-corrected chi connectivity index (χ2v) is 13.4. The Balaban J connectivity index is 0.912. The number of phenols is 1. The van der Waals surface area contributed by atoms with E-state index in [1.165, 1.54) is 0 Å². The lowest BCUT2D eigenvalue weighted by Crippen LogP contribution is -2.45. The lowest BCUT2D eigenvalue weighted by atomic mass is 9.55. The minimum Gasteiger partial charge on any atom is -0.508 e. The predicted octanol–water partition coefficient (Wildman–Crippen LogP) is 4.98. The molecule has 244 valence electrons. The normalized spacial score (nSPS) is 25.6. The molecule has 5 unspecified atom stereocenters. The van der Waals surface area contributed by atoms with Crippen molar-refractivity contribution < 1.29 is 29.1 Å². The van der Waals surface area contributed by atoms with Crippen LogP contribution < -0.4 is 16.1 Å². The Morgan fingerprint density at radius 2 is 1.81 bits per heavy atom. The van der Waals surface area contributed by atoms with E-state index >= 15 is 0 Å². The zero-order valence-electron chi connectivity index (χ0n) is 26.3. The molecule has 10 nitrogen and oxygen atoms in total. The van der Waals surface area contributed by atoms with E-state index in [9.17, 15) is 24.6 Å². The topological polar surface area (TPSA) is 150 Å². The summed E-state index contributed by atoms with van der Waals surface area (Å²) in [7, 11) is 0. The third-order valence-electron chi connectivity index (χ3n) is 10.7. The summed E-state index contributed by atoms with van der Waals surface area (Å²) >= 11 is 0. The van der Waals surface area contributed by atoms with Crippen LogP contribution in [-0.2, 0) is 9.63 Å². The largest absolute Gasteiger partial charge is 0.508 e. The number of amides is 2. The first-order valence-corrected chi connectivity index (χ1v) is 16.4. The Labute approximate surface area is 271 Å². The van der Waals surface area contributed by atoms with Crippen molar-refractivity contribution in [3.63, 3.8) is 0 Å². The van der Waals surface area contributed by atoms with Crippen LogP contribution >= 0.6 is 0 Å². The molecule has 10 heteroatoms. The number of carbonyl (C=O) groups is 2. The van der Waals surface area contributed by atoms with Gasteiger partial charge in [-0.15, -0.1) is 0 Å². The number of nitrogens with one attached hydrogen (secondary N) is 2. The lowest BCUT2D eigenvalue weighted by molar-refractivity contribution is -0.125. The van der Waals surface area contributed by atoms with Gasteiger partial charge >= 0.3 is 0 Å². The summed E-state index contributed by atoms with van der Waals surface area (Å²) in [6.45, 7) is 2.61. The summed E-state index contributed by atoms with van der Waals surface area (Å²) in [6, 6.07) is 17.2. The van der Waals surface area contributed by atoms with Gasteiger partial charge in [0.05, 0.1) is 22.6 Å². The summed E-state index contributed by atoms with van der Waals surface area (Å²) in [5.74, 6) is 0.559. The third kappa shape index (κ3) is 5.75. The van der Waals surface area contributed by atoms with Crippen LogP contribution in [-0.4, -0.2) is 53.5 Å². The number of hydrogen-bond acceptors (Lipinski definition) is 8. The Morgan fingerprint density at radius 1 is 1.00 bits per heavy atom. The van der Waals surface area contributed by atoms with Crippen LogP contribution in [0, 0.1) is 17.3 Å². The molecule has 1 aromatic heterocycles. The van der Waals surface area contributed by atoms with Crippen molar-refractivity contribution in [2.24, 2.45) is 22.4 Å². The number of aromatic hydroxyl groups is 1. The van der Waals surface area contributed by atoms with Crippen LogP contribution in [0.4, 0.5) is 0 Å². The zero-order valence-corrected chi connectivity index (χ0v) is 26.3. The zero-order chi connectivity index (χ0) is 32.7. The monoisotopic (exact) mass is 637 g/mol. The molecule has 3 aliphatic carbocycles. The Hall–Kier alpha value is -4.70. The average Bonchev–Trinajstić information content (AvgIpc) is 3.38. The van der Waals surface area contributed by atoms with E-state index in [0.717, 1.165) is 42.5 Å². The molecule has 0 radical (unpaired) electrons.